The normalized spacial score (nSPS) is 16.4. The first-order valence-electron chi connectivity index (χ1n) is 10.7. The number of aromatic nitrogens is 2. The molecule has 2 aromatic carbocycles. The minimum absolute atomic E-state index is 0.0496. The summed E-state index contributed by atoms with van der Waals surface area (Å²) in [4.78, 5) is 22.5. The zero-order chi connectivity index (χ0) is 22.1. The van der Waals surface area contributed by atoms with E-state index in [0.29, 0.717) is 36.5 Å². The van der Waals surface area contributed by atoms with Crippen LogP contribution in [0.4, 0.5) is 4.39 Å². The van der Waals surface area contributed by atoms with Crippen LogP contribution in [-0.4, -0.2) is 41.0 Å². The van der Waals surface area contributed by atoms with Crippen LogP contribution in [-0.2, 0) is 6.42 Å². The molecule has 1 fully saturated rings. The van der Waals surface area contributed by atoms with Gasteiger partial charge in [-0.2, -0.15) is 0 Å². The van der Waals surface area contributed by atoms with Gasteiger partial charge in [-0.25, -0.2) is 9.37 Å². The van der Waals surface area contributed by atoms with Gasteiger partial charge in [0, 0.05) is 30.4 Å². The average molecular weight is 433 g/mol. The molecule has 2 aromatic heterocycles. The molecule has 1 aliphatic heterocycles. The zero-order valence-electron chi connectivity index (χ0n) is 17.8. The molecule has 0 saturated carbocycles. The first kappa shape index (κ1) is 20.3. The van der Waals surface area contributed by atoms with Gasteiger partial charge in [-0.1, -0.05) is 12.1 Å². The van der Waals surface area contributed by atoms with Crippen LogP contribution in [0.5, 0.6) is 5.75 Å². The highest BCUT2D eigenvalue weighted by Crippen LogP contribution is 2.29. The van der Waals surface area contributed by atoms with Gasteiger partial charge in [0.1, 0.15) is 23.0 Å². The first-order chi connectivity index (χ1) is 15.6. The highest BCUT2D eigenvalue weighted by atomic mass is 19.1. The number of H-pyrrole nitrogens is 1. The molecule has 1 amide bonds. The van der Waals surface area contributed by atoms with Gasteiger partial charge < -0.3 is 19.0 Å². The fourth-order valence-electron chi connectivity index (χ4n) is 4.33. The van der Waals surface area contributed by atoms with Gasteiger partial charge in [0.15, 0.2) is 5.89 Å². The minimum atomic E-state index is -0.317. The van der Waals surface area contributed by atoms with Crippen LogP contribution in [0.2, 0.25) is 0 Å². The van der Waals surface area contributed by atoms with E-state index in [4.69, 9.17) is 9.15 Å². The number of rotatable bonds is 5. The number of nitrogens with one attached hydrogen (secondary N) is 1. The van der Waals surface area contributed by atoms with E-state index in [2.05, 4.69) is 9.97 Å². The molecule has 0 aliphatic carbocycles. The largest absolute Gasteiger partial charge is 0.497 e. The van der Waals surface area contributed by atoms with E-state index in [0.717, 1.165) is 35.4 Å². The Balaban J connectivity index is 1.28. The molecule has 0 bridgehead atoms. The first-order valence-corrected chi connectivity index (χ1v) is 10.7. The van der Waals surface area contributed by atoms with Crippen LogP contribution in [0.3, 0.4) is 0 Å². The maximum Gasteiger partial charge on any atom is 0.270 e. The number of hydrogen-bond donors (Lipinski definition) is 1. The molecule has 1 atom stereocenters. The lowest BCUT2D eigenvalue weighted by molar-refractivity contribution is 0.0693. The molecular formula is C25H24FN3O3. The monoisotopic (exact) mass is 433 g/mol. The second-order valence-electron chi connectivity index (χ2n) is 8.20. The number of carbonyl (C=O) groups is 1. The van der Waals surface area contributed by atoms with E-state index >= 15 is 0 Å². The van der Waals surface area contributed by atoms with E-state index in [1.165, 1.54) is 12.1 Å². The van der Waals surface area contributed by atoms with Gasteiger partial charge in [-0.3, -0.25) is 4.79 Å². The van der Waals surface area contributed by atoms with Crippen LogP contribution < -0.4 is 4.74 Å². The zero-order valence-corrected chi connectivity index (χ0v) is 17.8. The van der Waals surface area contributed by atoms with Crippen molar-refractivity contribution in [2.45, 2.75) is 25.2 Å². The molecule has 1 N–H and O–H groups in total. The maximum atomic E-state index is 13.5. The fourth-order valence-corrected chi connectivity index (χ4v) is 4.33. The van der Waals surface area contributed by atoms with E-state index in [1.807, 2.05) is 29.2 Å². The van der Waals surface area contributed by atoms with Crippen LogP contribution in [0.15, 0.2) is 59.1 Å². The Kier molecular flexibility index (Phi) is 5.39. The second kappa shape index (κ2) is 8.49. The molecule has 4 aromatic rings. The summed E-state index contributed by atoms with van der Waals surface area (Å²) >= 11 is 0. The number of carbonyl (C=O) groups excluding carboxylic acids is 1. The molecule has 32 heavy (non-hydrogen) atoms. The number of aromatic amines is 1. The molecule has 5 rings (SSSR count). The fraction of sp³-hybridized carbons (Fsp3) is 0.280. The summed E-state index contributed by atoms with van der Waals surface area (Å²) in [7, 11) is 1.65. The minimum Gasteiger partial charge on any atom is -0.497 e. The third kappa shape index (κ3) is 4.10. The van der Waals surface area contributed by atoms with Crippen LogP contribution in [0, 0.1) is 5.82 Å². The Morgan fingerprint density at radius 2 is 2.19 bits per heavy atom. The summed E-state index contributed by atoms with van der Waals surface area (Å²) in [6.45, 7) is 1.22. The van der Waals surface area contributed by atoms with Crippen LogP contribution in [0.1, 0.15) is 46.5 Å². The number of nitrogens with zero attached hydrogens (tertiary/aromatic N) is 2. The van der Waals surface area contributed by atoms with E-state index in [-0.39, 0.29) is 17.6 Å². The van der Waals surface area contributed by atoms with Gasteiger partial charge in [0.2, 0.25) is 0 Å². The van der Waals surface area contributed by atoms with Crippen molar-refractivity contribution in [1.29, 1.82) is 0 Å². The average Bonchev–Trinajstić information content (AvgIpc) is 3.45. The number of piperidine rings is 1. The predicted molar refractivity (Wildman–Crippen MR) is 118 cm³/mol. The summed E-state index contributed by atoms with van der Waals surface area (Å²) in [6, 6.07) is 14.0. The van der Waals surface area contributed by atoms with Crippen LogP contribution in [0.25, 0.3) is 10.9 Å². The third-order valence-electron chi connectivity index (χ3n) is 5.95. The molecule has 0 unspecified atom stereocenters. The molecule has 164 valence electrons. The van der Waals surface area contributed by atoms with Gasteiger partial charge >= 0.3 is 0 Å². The number of oxazole rings is 1. The molecule has 0 radical (unpaired) electrons. The number of methoxy groups -OCH3 is 1. The molecular weight excluding hydrogens is 409 g/mol. The van der Waals surface area contributed by atoms with Crippen molar-refractivity contribution >= 4 is 16.8 Å². The number of amides is 1. The summed E-state index contributed by atoms with van der Waals surface area (Å²) in [6.07, 6.45) is 4.19. The number of hydrogen-bond acceptors (Lipinski definition) is 4. The smallest absolute Gasteiger partial charge is 0.270 e. The number of halogens is 1. The standard InChI is InChI=1S/C25H24FN3O3/c1-31-20-6-2-4-16(10-20)11-21-14-27-24(32-21)17-5-3-9-29(15-17)25(30)23-13-18-12-19(26)7-8-22(18)28-23/h2,4,6-8,10,12-14,17,28H,3,5,9,11,15H2,1H3/t17-/m1/s1. The highest BCUT2D eigenvalue weighted by molar-refractivity contribution is 5.98. The Morgan fingerprint density at radius 3 is 3.06 bits per heavy atom. The topological polar surface area (TPSA) is 71.4 Å². The molecule has 7 heteroatoms. The Labute approximate surface area is 185 Å². The lowest BCUT2D eigenvalue weighted by Crippen LogP contribution is -2.39. The maximum absolute atomic E-state index is 13.5. The van der Waals surface area contributed by atoms with E-state index in [1.54, 1.807) is 25.4 Å². The van der Waals surface area contributed by atoms with Crippen molar-refractivity contribution in [3.8, 4) is 5.75 Å². The van der Waals surface area contributed by atoms with Crippen molar-refractivity contribution in [3.63, 3.8) is 0 Å². The third-order valence-corrected chi connectivity index (χ3v) is 5.95. The van der Waals surface area contributed by atoms with Crippen molar-refractivity contribution in [2.24, 2.45) is 0 Å². The summed E-state index contributed by atoms with van der Waals surface area (Å²) in [5.74, 6) is 1.90. The number of ether oxygens (including phenoxy) is 1. The summed E-state index contributed by atoms with van der Waals surface area (Å²) in [5, 5.41) is 0.691. The summed E-state index contributed by atoms with van der Waals surface area (Å²) < 4.78 is 24.8. The lowest BCUT2D eigenvalue weighted by Gasteiger charge is -2.31. The molecule has 1 saturated heterocycles. The summed E-state index contributed by atoms with van der Waals surface area (Å²) in [5.41, 5.74) is 2.30. The number of benzene rings is 2. The number of likely N-dealkylation sites (tertiary alicyclic amines) is 1. The SMILES string of the molecule is COc1cccc(Cc2cnc([C@@H]3CCCN(C(=O)c4cc5cc(F)ccc5[nH]4)C3)o2)c1. The highest BCUT2D eigenvalue weighted by Gasteiger charge is 2.29. The van der Waals surface area contributed by atoms with Gasteiger partial charge in [-0.15, -0.1) is 0 Å². The van der Waals surface area contributed by atoms with Crippen molar-refractivity contribution in [1.82, 2.24) is 14.9 Å². The van der Waals surface area contributed by atoms with Gasteiger partial charge in [-0.05, 0) is 54.8 Å². The number of fused-ring (bicyclic) bond motifs is 1. The van der Waals surface area contributed by atoms with E-state index in [9.17, 15) is 9.18 Å². The molecule has 0 spiro atoms. The molecule has 1 aliphatic rings. The second-order valence-corrected chi connectivity index (χ2v) is 8.20. The Bertz CT molecular complexity index is 1260. The molecule has 6 nitrogen and oxygen atoms in total. The quantitative estimate of drug-likeness (QED) is 0.485. The van der Waals surface area contributed by atoms with Crippen LogP contribution >= 0.6 is 0 Å². The van der Waals surface area contributed by atoms with Gasteiger partial charge in [0.05, 0.1) is 19.2 Å². The van der Waals surface area contributed by atoms with Crippen molar-refractivity contribution in [2.75, 3.05) is 20.2 Å². The van der Waals surface area contributed by atoms with E-state index < -0.39 is 0 Å². The van der Waals surface area contributed by atoms with Crippen molar-refractivity contribution < 1.29 is 18.3 Å². The van der Waals surface area contributed by atoms with Gasteiger partial charge in [0.25, 0.3) is 5.91 Å². The predicted octanol–water partition coefficient (Wildman–Crippen LogP) is 4.91. The molecule has 3 heterocycles. The Morgan fingerprint density at radius 1 is 1.28 bits per heavy atom. The Hall–Kier alpha value is -3.61. The van der Waals surface area contributed by atoms with Crippen molar-refractivity contribution in [3.05, 3.63) is 83.5 Å². The lowest BCUT2D eigenvalue weighted by atomic mass is 9.97.